The second-order valence-corrected chi connectivity index (χ2v) is 6.37. The predicted molar refractivity (Wildman–Crippen MR) is 71.3 cm³/mol. The first-order chi connectivity index (χ1) is 7.73. The van der Waals surface area contributed by atoms with Gasteiger partial charge in [0.05, 0.1) is 18.8 Å². The van der Waals surface area contributed by atoms with Gasteiger partial charge in [-0.3, -0.25) is 0 Å². The van der Waals surface area contributed by atoms with Crippen LogP contribution in [0.25, 0.3) is 0 Å². The summed E-state index contributed by atoms with van der Waals surface area (Å²) in [5, 5.41) is 0. The van der Waals surface area contributed by atoms with E-state index in [1.807, 2.05) is 0 Å². The smallest absolute Gasteiger partial charge is 0.0698 e. The van der Waals surface area contributed by atoms with Gasteiger partial charge >= 0.3 is 0 Å². The normalized spacial score (nSPS) is 13.4. The molecule has 0 spiro atoms. The highest BCUT2D eigenvalue weighted by atomic mass is 16.5. The van der Waals surface area contributed by atoms with Crippen molar-refractivity contribution in [1.82, 2.24) is 0 Å². The molecule has 0 aromatic heterocycles. The molecule has 0 atom stereocenters. The molecule has 0 amide bonds. The van der Waals surface area contributed by atoms with Crippen LogP contribution in [0, 0.1) is 11.3 Å². The van der Waals surface area contributed by atoms with Crippen LogP contribution in [-0.4, -0.2) is 39.6 Å². The summed E-state index contributed by atoms with van der Waals surface area (Å²) in [7, 11) is 3.43. The second kappa shape index (κ2) is 7.34. The van der Waals surface area contributed by atoms with Gasteiger partial charge in [-0.05, 0) is 25.7 Å². The average molecular weight is 246 g/mol. The Balaban J connectivity index is 4.21. The maximum absolute atomic E-state index is 6.01. The molecular weight excluding hydrogens is 216 g/mol. The highest BCUT2D eigenvalue weighted by molar-refractivity contribution is 4.79. The van der Waals surface area contributed by atoms with Crippen molar-refractivity contribution in [3.05, 3.63) is 0 Å². The summed E-state index contributed by atoms with van der Waals surface area (Å²) in [6, 6.07) is 0. The lowest BCUT2D eigenvalue weighted by Crippen LogP contribution is -2.40. The van der Waals surface area contributed by atoms with Crippen molar-refractivity contribution < 1.29 is 14.2 Å². The quantitative estimate of drug-likeness (QED) is 0.658. The second-order valence-electron chi connectivity index (χ2n) is 6.37. The summed E-state index contributed by atoms with van der Waals surface area (Å²) in [5.41, 5.74) is 0.103. The van der Waals surface area contributed by atoms with Crippen molar-refractivity contribution in [2.45, 2.75) is 46.6 Å². The molecule has 0 aliphatic carbocycles. The highest BCUT2D eigenvalue weighted by Gasteiger charge is 2.30. The minimum Gasteiger partial charge on any atom is -0.384 e. The molecule has 17 heavy (non-hydrogen) atoms. The number of ether oxygens (including phenoxy) is 3. The summed E-state index contributed by atoms with van der Waals surface area (Å²) in [6.07, 6.45) is 1.06. The van der Waals surface area contributed by atoms with Gasteiger partial charge in [-0.25, -0.2) is 0 Å². The van der Waals surface area contributed by atoms with E-state index in [0.29, 0.717) is 18.6 Å². The minimum absolute atomic E-state index is 0.211. The monoisotopic (exact) mass is 246 g/mol. The zero-order valence-electron chi connectivity index (χ0n) is 12.6. The fourth-order valence-corrected chi connectivity index (χ4v) is 1.59. The summed E-state index contributed by atoms with van der Waals surface area (Å²) in [5.74, 6) is 0.262. The Morgan fingerprint density at radius 1 is 0.882 bits per heavy atom. The van der Waals surface area contributed by atoms with E-state index in [1.165, 1.54) is 0 Å². The van der Waals surface area contributed by atoms with Gasteiger partial charge in [0.1, 0.15) is 0 Å². The Bertz CT molecular complexity index is 188. The van der Waals surface area contributed by atoms with Crippen LogP contribution in [-0.2, 0) is 14.2 Å². The van der Waals surface area contributed by atoms with Crippen molar-refractivity contribution in [3.8, 4) is 0 Å². The van der Waals surface area contributed by atoms with Crippen LogP contribution < -0.4 is 0 Å². The first-order valence-corrected chi connectivity index (χ1v) is 6.35. The van der Waals surface area contributed by atoms with Crippen LogP contribution >= 0.6 is 0 Å². The van der Waals surface area contributed by atoms with Crippen LogP contribution in [0.3, 0.4) is 0 Å². The maximum atomic E-state index is 6.01. The van der Waals surface area contributed by atoms with Crippen molar-refractivity contribution in [3.63, 3.8) is 0 Å². The molecule has 0 aromatic carbocycles. The first-order valence-electron chi connectivity index (χ1n) is 6.35. The van der Waals surface area contributed by atoms with Crippen molar-refractivity contribution >= 4 is 0 Å². The van der Waals surface area contributed by atoms with E-state index in [0.717, 1.165) is 13.0 Å². The van der Waals surface area contributed by atoms with Crippen molar-refractivity contribution in [2.75, 3.05) is 34.0 Å². The molecule has 0 aliphatic rings. The van der Waals surface area contributed by atoms with E-state index >= 15 is 0 Å². The molecule has 0 radical (unpaired) electrons. The molecule has 0 unspecified atom stereocenters. The van der Waals surface area contributed by atoms with Gasteiger partial charge in [0, 0.05) is 26.7 Å². The zero-order chi connectivity index (χ0) is 13.5. The fourth-order valence-electron chi connectivity index (χ4n) is 1.59. The third-order valence-corrected chi connectivity index (χ3v) is 3.04. The lowest BCUT2D eigenvalue weighted by atomic mass is 9.90. The molecule has 0 aliphatic heterocycles. The number of rotatable bonds is 8. The van der Waals surface area contributed by atoms with E-state index in [1.54, 1.807) is 14.2 Å². The summed E-state index contributed by atoms with van der Waals surface area (Å²) in [4.78, 5) is 0. The van der Waals surface area contributed by atoms with Gasteiger partial charge in [-0.15, -0.1) is 0 Å². The average Bonchev–Trinajstić information content (AvgIpc) is 2.15. The third kappa shape index (κ3) is 7.74. The lowest BCUT2D eigenvalue weighted by molar-refractivity contribution is -0.102. The van der Waals surface area contributed by atoms with Gasteiger partial charge in [-0.1, -0.05) is 20.8 Å². The largest absolute Gasteiger partial charge is 0.384 e. The molecule has 0 aromatic rings. The topological polar surface area (TPSA) is 27.7 Å². The van der Waals surface area contributed by atoms with Crippen LogP contribution in [0.2, 0.25) is 0 Å². The van der Waals surface area contributed by atoms with Crippen LogP contribution in [0.15, 0.2) is 0 Å². The van der Waals surface area contributed by atoms with E-state index < -0.39 is 0 Å². The SMILES string of the molecule is COCC(COC)C(C)(C)OCCC(C)(C)C. The van der Waals surface area contributed by atoms with Crippen LogP contribution in [0.5, 0.6) is 0 Å². The molecular formula is C14H30O3. The molecule has 3 heteroatoms. The van der Waals surface area contributed by atoms with Crippen molar-refractivity contribution in [2.24, 2.45) is 11.3 Å². The number of methoxy groups -OCH3 is 2. The molecule has 0 heterocycles. The highest BCUT2D eigenvalue weighted by Crippen LogP contribution is 2.25. The molecule has 0 bridgehead atoms. The maximum Gasteiger partial charge on any atom is 0.0698 e. The van der Waals surface area contributed by atoms with Crippen molar-refractivity contribution in [1.29, 1.82) is 0 Å². The van der Waals surface area contributed by atoms with E-state index in [4.69, 9.17) is 14.2 Å². The van der Waals surface area contributed by atoms with Gasteiger partial charge in [-0.2, -0.15) is 0 Å². The lowest BCUT2D eigenvalue weighted by Gasteiger charge is -2.34. The molecule has 3 nitrogen and oxygen atoms in total. The predicted octanol–water partition coefficient (Wildman–Crippen LogP) is 3.13. The van der Waals surface area contributed by atoms with Gasteiger partial charge in [0.25, 0.3) is 0 Å². The minimum atomic E-state index is -0.211. The third-order valence-electron chi connectivity index (χ3n) is 3.04. The summed E-state index contributed by atoms with van der Waals surface area (Å²) >= 11 is 0. The Labute approximate surface area is 107 Å². The van der Waals surface area contributed by atoms with Gasteiger partial charge in [0.15, 0.2) is 0 Å². The summed E-state index contributed by atoms with van der Waals surface area (Å²) in [6.45, 7) is 13.0. The number of hydrogen-bond acceptors (Lipinski definition) is 3. The van der Waals surface area contributed by atoms with Crippen LogP contribution in [0.1, 0.15) is 41.0 Å². The molecule has 0 rings (SSSR count). The first kappa shape index (κ1) is 16.9. The molecule has 104 valence electrons. The standard InChI is InChI=1S/C14H30O3/c1-13(2,3)8-9-17-14(4,5)12(10-15-6)11-16-7/h12H,8-11H2,1-7H3. The molecule has 0 N–H and O–H groups in total. The molecule has 0 saturated heterocycles. The zero-order valence-corrected chi connectivity index (χ0v) is 12.6. The Morgan fingerprint density at radius 3 is 1.71 bits per heavy atom. The Morgan fingerprint density at radius 2 is 1.35 bits per heavy atom. The van der Waals surface area contributed by atoms with E-state index in [-0.39, 0.29) is 11.5 Å². The van der Waals surface area contributed by atoms with Crippen LogP contribution in [0.4, 0.5) is 0 Å². The summed E-state index contributed by atoms with van der Waals surface area (Å²) < 4.78 is 16.5. The van der Waals surface area contributed by atoms with E-state index in [2.05, 4.69) is 34.6 Å². The van der Waals surface area contributed by atoms with Gasteiger partial charge < -0.3 is 14.2 Å². The molecule has 0 saturated carbocycles. The Kier molecular flexibility index (Phi) is 7.29. The molecule has 0 fully saturated rings. The Hall–Kier alpha value is -0.120. The van der Waals surface area contributed by atoms with E-state index in [9.17, 15) is 0 Å². The fraction of sp³-hybridized carbons (Fsp3) is 1.00. The number of hydrogen-bond donors (Lipinski definition) is 0. The van der Waals surface area contributed by atoms with Gasteiger partial charge in [0.2, 0.25) is 0 Å².